The van der Waals surface area contributed by atoms with Crippen LogP contribution in [0.5, 0.6) is 0 Å². The van der Waals surface area contributed by atoms with Crippen LogP contribution in [0, 0.1) is 0 Å². The predicted octanol–water partition coefficient (Wildman–Crippen LogP) is 2.43. The van der Waals surface area contributed by atoms with Crippen molar-refractivity contribution in [2.75, 3.05) is 5.32 Å². The van der Waals surface area contributed by atoms with Crippen LogP contribution >= 0.6 is 0 Å². The minimum absolute atomic E-state index is 0.0120. The van der Waals surface area contributed by atoms with Crippen LogP contribution in [-0.4, -0.2) is 22.2 Å². The molecule has 3 heterocycles. The van der Waals surface area contributed by atoms with Crippen molar-refractivity contribution in [3.63, 3.8) is 0 Å². The minimum Gasteiger partial charge on any atom is -0.310 e. The smallest absolute Gasteiger partial charge is 0.237 e. The van der Waals surface area contributed by atoms with Crippen molar-refractivity contribution < 1.29 is 9.59 Å². The van der Waals surface area contributed by atoms with Gasteiger partial charge in [-0.25, -0.2) is 4.98 Å². The van der Waals surface area contributed by atoms with Gasteiger partial charge in [0.1, 0.15) is 5.82 Å². The number of aromatic nitrogens is 2. The van der Waals surface area contributed by atoms with Gasteiger partial charge in [0.25, 0.3) is 0 Å². The Morgan fingerprint density at radius 2 is 1.96 bits per heavy atom. The quantitative estimate of drug-likeness (QED) is 0.700. The summed E-state index contributed by atoms with van der Waals surface area (Å²) in [6.45, 7) is 0. The lowest BCUT2D eigenvalue weighted by atomic mass is 9.79. The monoisotopic (exact) mass is 315 g/mol. The van der Waals surface area contributed by atoms with Crippen molar-refractivity contribution in [1.82, 2.24) is 9.97 Å². The summed E-state index contributed by atoms with van der Waals surface area (Å²) in [4.78, 5) is 32.3. The van der Waals surface area contributed by atoms with Crippen LogP contribution in [-0.2, 0) is 23.1 Å². The second kappa shape index (κ2) is 4.47. The zero-order valence-electron chi connectivity index (χ0n) is 12.7. The molecule has 3 aromatic rings. The summed E-state index contributed by atoms with van der Waals surface area (Å²) in [5.41, 5.74) is 4.08. The first kappa shape index (κ1) is 13.4. The fourth-order valence-electron chi connectivity index (χ4n) is 3.98. The molecule has 1 aliphatic heterocycles. The third-order valence-electron chi connectivity index (χ3n) is 5.13. The second-order valence-corrected chi connectivity index (χ2v) is 6.49. The Morgan fingerprint density at radius 3 is 2.79 bits per heavy atom. The lowest BCUT2D eigenvalue weighted by Gasteiger charge is -2.20. The molecule has 1 aliphatic carbocycles. The average molecular weight is 315 g/mol. The third-order valence-corrected chi connectivity index (χ3v) is 5.13. The number of amides is 1. The van der Waals surface area contributed by atoms with Gasteiger partial charge in [0.2, 0.25) is 5.91 Å². The number of carbonyl (C=O) groups is 2. The van der Waals surface area contributed by atoms with Gasteiger partial charge in [-0.3, -0.25) is 14.6 Å². The average Bonchev–Trinajstić information content (AvgIpc) is 3.10. The largest absolute Gasteiger partial charge is 0.310 e. The van der Waals surface area contributed by atoms with Crippen molar-refractivity contribution in [3.8, 4) is 0 Å². The summed E-state index contributed by atoms with van der Waals surface area (Å²) in [5, 5.41) is 3.84. The normalized spacial score (nSPS) is 20.9. The maximum atomic E-state index is 12.7. The third kappa shape index (κ3) is 1.64. The highest BCUT2D eigenvalue weighted by molar-refractivity contribution is 6.06. The van der Waals surface area contributed by atoms with Gasteiger partial charge in [-0.05, 0) is 48.2 Å². The van der Waals surface area contributed by atoms with Gasteiger partial charge in [0, 0.05) is 28.9 Å². The van der Waals surface area contributed by atoms with Crippen LogP contribution in [0.2, 0.25) is 0 Å². The topological polar surface area (TPSA) is 72.0 Å². The molecule has 1 aromatic carbocycles. The lowest BCUT2D eigenvalue weighted by Crippen LogP contribution is -2.35. The molecule has 24 heavy (non-hydrogen) atoms. The number of benzene rings is 1. The van der Waals surface area contributed by atoms with E-state index in [0.717, 1.165) is 33.9 Å². The number of anilines is 1. The molecule has 0 saturated heterocycles. The molecule has 0 bridgehead atoms. The van der Waals surface area contributed by atoms with Crippen LogP contribution in [0.15, 0.2) is 42.7 Å². The molecular weight excluding hydrogens is 302 g/mol. The second-order valence-electron chi connectivity index (χ2n) is 6.49. The molecule has 0 radical (unpaired) electrons. The highest BCUT2D eigenvalue weighted by atomic mass is 16.2. The van der Waals surface area contributed by atoms with Crippen molar-refractivity contribution >= 4 is 28.9 Å². The maximum absolute atomic E-state index is 12.7. The first-order valence-corrected chi connectivity index (χ1v) is 7.83. The van der Waals surface area contributed by atoms with E-state index in [4.69, 9.17) is 0 Å². The Kier molecular flexibility index (Phi) is 2.49. The number of nitrogens with one attached hydrogen (secondary N) is 1. The fraction of sp³-hybridized carbons (Fsp3) is 0.158. The standard InChI is InChI=1S/C19H13N3O2/c23-10-11-4-12-5-13-7-19(8-14(13)6-16(12)21-9-11)15-2-1-3-20-17(15)22-18(19)24/h1-6,9-10H,7-8H2,(H,20,22,24)/t19-/m0/s1. The molecule has 1 amide bonds. The van der Waals surface area contributed by atoms with Gasteiger partial charge >= 0.3 is 0 Å². The van der Waals surface area contributed by atoms with Crippen molar-refractivity contribution in [2.45, 2.75) is 18.3 Å². The van der Waals surface area contributed by atoms with Crippen molar-refractivity contribution in [2.24, 2.45) is 0 Å². The van der Waals surface area contributed by atoms with Crippen LogP contribution in [0.3, 0.4) is 0 Å². The summed E-state index contributed by atoms with van der Waals surface area (Å²) < 4.78 is 0. The zero-order chi connectivity index (χ0) is 16.3. The van der Waals surface area contributed by atoms with Gasteiger partial charge in [-0.15, -0.1) is 0 Å². The fourth-order valence-corrected chi connectivity index (χ4v) is 3.98. The van der Waals surface area contributed by atoms with E-state index < -0.39 is 5.41 Å². The number of hydrogen-bond donors (Lipinski definition) is 1. The Morgan fingerprint density at radius 1 is 1.12 bits per heavy atom. The molecule has 0 fully saturated rings. The zero-order valence-corrected chi connectivity index (χ0v) is 12.7. The number of aldehydes is 1. The highest BCUT2D eigenvalue weighted by Gasteiger charge is 2.51. The summed E-state index contributed by atoms with van der Waals surface area (Å²) in [5.74, 6) is 0.680. The lowest BCUT2D eigenvalue weighted by molar-refractivity contribution is -0.120. The van der Waals surface area contributed by atoms with E-state index >= 15 is 0 Å². The van der Waals surface area contributed by atoms with E-state index in [9.17, 15) is 9.59 Å². The number of pyridine rings is 2. The molecule has 0 unspecified atom stereocenters. The first-order chi connectivity index (χ1) is 11.7. The molecule has 5 heteroatoms. The van der Waals surface area contributed by atoms with Crippen molar-refractivity contribution in [3.05, 3.63) is 65.0 Å². The van der Waals surface area contributed by atoms with E-state index in [-0.39, 0.29) is 5.91 Å². The SMILES string of the molecule is O=Cc1cnc2cc3c(cc2c1)C[C@@]1(C3)C(=O)Nc2ncccc21. The van der Waals surface area contributed by atoms with Crippen LogP contribution in [0.4, 0.5) is 5.82 Å². The van der Waals surface area contributed by atoms with E-state index in [1.165, 1.54) is 0 Å². The number of fused-ring (bicyclic) bond motifs is 4. The van der Waals surface area contributed by atoms with Crippen LogP contribution in [0.25, 0.3) is 10.9 Å². The first-order valence-electron chi connectivity index (χ1n) is 7.83. The molecule has 1 spiro atoms. The van der Waals surface area contributed by atoms with Gasteiger partial charge in [-0.2, -0.15) is 0 Å². The Bertz CT molecular complexity index is 1040. The van der Waals surface area contributed by atoms with Gasteiger partial charge < -0.3 is 5.32 Å². The molecular formula is C19H13N3O2. The van der Waals surface area contributed by atoms with Gasteiger partial charge in [0.15, 0.2) is 6.29 Å². The molecule has 1 N–H and O–H groups in total. The van der Waals surface area contributed by atoms with E-state index in [0.29, 0.717) is 24.2 Å². The minimum atomic E-state index is -0.573. The molecule has 5 rings (SSSR count). The summed E-state index contributed by atoms with van der Waals surface area (Å²) in [6, 6.07) is 9.79. The number of hydrogen-bond acceptors (Lipinski definition) is 4. The molecule has 0 saturated carbocycles. The Balaban J connectivity index is 1.67. The number of carbonyl (C=O) groups excluding carboxylic acids is 2. The molecule has 116 valence electrons. The molecule has 1 atom stereocenters. The Labute approximate surface area is 137 Å². The van der Waals surface area contributed by atoms with Crippen LogP contribution < -0.4 is 5.32 Å². The Hall–Kier alpha value is -3.08. The maximum Gasteiger partial charge on any atom is 0.237 e. The summed E-state index contributed by atoms with van der Waals surface area (Å²) in [6.07, 6.45) is 5.37. The van der Waals surface area contributed by atoms with Gasteiger partial charge in [0.05, 0.1) is 10.9 Å². The molecule has 5 nitrogen and oxygen atoms in total. The van der Waals surface area contributed by atoms with Gasteiger partial charge in [-0.1, -0.05) is 6.07 Å². The van der Waals surface area contributed by atoms with E-state index in [1.54, 1.807) is 12.4 Å². The summed E-state index contributed by atoms with van der Waals surface area (Å²) in [7, 11) is 0. The number of rotatable bonds is 1. The molecule has 2 aromatic heterocycles. The van der Waals surface area contributed by atoms with E-state index in [1.807, 2.05) is 24.3 Å². The predicted molar refractivity (Wildman–Crippen MR) is 89.1 cm³/mol. The van der Waals surface area contributed by atoms with E-state index in [2.05, 4.69) is 21.4 Å². The van der Waals surface area contributed by atoms with Crippen molar-refractivity contribution in [1.29, 1.82) is 0 Å². The highest BCUT2D eigenvalue weighted by Crippen LogP contribution is 2.47. The summed E-state index contributed by atoms with van der Waals surface area (Å²) >= 11 is 0. The van der Waals surface area contributed by atoms with Crippen LogP contribution in [0.1, 0.15) is 27.0 Å². The molecule has 2 aliphatic rings. The number of nitrogens with zero attached hydrogens (tertiary/aromatic N) is 2.